The van der Waals surface area contributed by atoms with Crippen molar-refractivity contribution in [2.24, 2.45) is 0 Å². The van der Waals surface area contributed by atoms with Crippen molar-refractivity contribution in [3.8, 4) is 5.69 Å². The zero-order valence-electron chi connectivity index (χ0n) is 16.0. The van der Waals surface area contributed by atoms with Gasteiger partial charge in [0.05, 0.1) is 28.0 Å². The molecule has 0 aliphatic heterocycles. The van der Waals surface area contributed by atoms with Gasteiger partial charge in [0.2, 0.25) is 0 Å². The molecule has 0 bridgehead atoms. The van der Waals surface area contributed by atoms with Gasteiger partial charge >= 0.3 is 0 Å². The van der Waals surface area contributed by atoms with Crippen molar-refractivity contribution in [2.45, 2.75) is 20.4 Å². The van der Waals surface area contributed by atoms with Crippen LogP contribution < -0.4 is 5.32 Å². The van der Waals surface area contributed by atoms with Crippen LogP contribution in [0, 0.1) is 19.7 Å². The number of carbonyl (C=O) groups excluding carboxylic acids is 1. The summed E-state index contributed by atoms with van der Waals surface area (Å²) in [6.07, 6.45) is 0. The van der Waals surface area contributed by atoms with E-state index >= 15 is 0 Å². The molecule has 2 heterocycles. The van der Waals surface area contributed by atoms with Gasteiger partial charge in [-0.05, 0) is 50.2 Å². The summed E-state index contributed by atoms with van der Waals surface area (Å²) in [5.74, 6) is 0.232. The number of hydrogen-bond donors (Lipinski definition) is 1. The molecule has 29 heavy (non-hydrogen) atoms. The highest BCUT2D eigenvalue weighted by atomic mass is 35.5. The maximum Gasteiger partial charge on any atom is 0.256 e. The molecule has 0 saturated heterocycles. The highest BCUT2D eigenvalue weighted by Crippen LogP contribution is 2.23. The van der Waals surface area contributed by atoms with E-state index in [1.165, 1.54) is 16.8 Å². The van der Waals surface area contributed by atoms with Crippen molar-refractivity contribution in [1.82, 2.24) is 24.6 Å². The predicted molar refractivity (Wildman–Crippen MR) is 110 cm³/mol. The predicted octanol–water partition coefficient (Wildman–Crippen LogP) is 4.06. The molecule has 1 N–H and O–H groups in total. The molecule has 1 amide bonds. The highest BCUT2D eigenvalue weighted by molar-refractivity contribution is 6.33. The van der Waals surface area contributed by atoms with Crippen LogP contribution in [0.1, 0.15) is 21.9 Å². The van der Waals surface area contributed by atoms with Crippen molar-refractivity contribution >= 4 is 28.5 Å². The van der Waals surface area contributed by atoms with Gasteiger partial charge in [-0.1, -0.05) is 23.7 Å². The number of rotatable bonds is 5. The van der Waals surface area contributed by atoms with Crippen LogP contribution in [-0.4, -0.2) is 31.8 Å². The van der Waals surface area contributed by atoms with Gasteiger partial charge < -0.3 is 9.88 Å². The van der Waals surface area contributed by atoms with Crippen LogP contribution in [0.2, 0.25) is 5.15 Å². The number of aromatic nitrogens is 4. The highest BCUT2D eigenvalue weighted by Gasteiger charge is 2.21. The number of imidazole rings is 1. The van der Waals surface area contributed by atoms with Gasteiger partial charge in [-0.3, -0.25) is 4.79 Å². The largest absolute Gasteiger partial charge is 0.350 e. The quantitative estimate of drug-likeness (QED) is 0.538. The summed E-state index contributed by atoms with van der Waals surface area (Å²) in [7, 11) is 0. The molecule has 4 aromatic rings. The van der Waals surface area contributed by atoms with Crippen LogP contribution in [0.25, 0.3) is 16.7 Å². The molecule has 8 heteroatoms. The average molecular weight is 412 g/mol. The number of fused-ring (bicyclic) bond motifs is 1. The Bertz CT molecular complexity index is 1200. The van der Waals surface area contributed by atoms with E-state index in [4.69, 9.17) is 11.6 Å². The summed E-state index contributed by atoms with van der Waals surface area (Å²) < 4.78 is 16.7. The second-order valence-corrected chi connectivity index (χ2v) is 7.05. The first kappa shape index (κ1) is 19.1. The van der Waals surface area contributed by atoms with Crippen LogP contribution in [0.15, 0.2) is 48.5 Å². The van der Waals surface area contributed by atoms with Crippen molar-refractivity contribution < 1.29 is 9.18 Å². The maximum atomic E-state index is 13.2. The van der Waals surface area contributed by atoms with Crippen molar-refractivity contribution in [2.75, 3.05) is 6.54 Å². The minimum Gasteiger partial charge on any atom is -0.350 e. The average Bonchev–Trinajstić information content (AvgIpc) is 3.18. The van der Waals surface area contributed by atoms with Gasteiger partial charge in [0.25, 0.3) is 5.91 Å². The van der Waals surface area contributed by atoms with E-state index in [0.717, 1.165) is 16.9 Å². The summed E-state index contributed by atoms with van der Waals surface area (Å²) >= 11 is 6.41. The molecule has 0 fully saturated rings. The van der Waals surface area contributed by atoms with Crippen LogP contribution >= 0.6 is 11.6 Å². The van der Waals surface area contributed by atoms with Crippen molar-refractivity contribution in [3.63, 3.8) is 0 Å². The first-order valence-corrected chi connectivity index (χ1v) is 9.54. The van der Waals surface area contributed by atoms with Gasteiger partial charge in [-0.25, -0.2) is 14.1 Å². The number of aryl methyl sites for hydroxylation is 2. The van der Waals surface area contributed by atoms with Crippen LogP contribution in [0.4, 0.5) is 4.39 Å². The number of carbonyl (C=O) groups is 1. The summed E-state index contributed by atoms with van der Waals surface area (Å²) in [6, 6.07) is 13.6. The Kier molecular flexibility index (Phi) is 5.07. The van der Waals surface area contributed by atoms with Gasteiger partial charge in [0, 0.05) is 13.1 Å². The monoisotopic (exact) mass is 411 g/mol. The minimum absolute atomic E-state index is 0.191. The molecular weight excluding hydrogens is 393 g/mol. The number of hydrogen-bond acceptors (Lipinski definition) is 3. The molecule has 0 unspecified atom stereocenters. The Morgan fingerprint density at radius 1 is 1.14 bits per heavy atom. The fourth-order valence-electron chi connectivity index (χ4n) is 3.36. The number of amides is 1. The first-order chi connectivity index (χ1) is 14.0. The fourth-order valence-corrected chi connectivity index (χ4v) is 3.72. The normalized spacial score (nSPS) is 11.2. The van der Waals surface area contributed by atoms with E-state index in [2.05, 4.69) is 20.0 Å². The lowest BCUT2D eigenvalue weighted by molar-refractivity contribution is 0.0952. The van der Waals surface area contributed by atoms with Gasteiger partial charge in [-0.15, -0.1) is 0 Å². The fraction of sp³-hybridized carbons (Fsp3) is 0.190. The molecule has 0 spiro atoms. The topological polar surface area (TPSA) is 64.7 Å². The van der Waals surface area contributed by atoms with E-state index in [1.807, 2.05) is 31.2 Å². The third-order valence-corrected chi connectivity index (χ3v) is 5.12. The molecule has 2 aromatic carbocycles. The minimum atomic E-state index is -0.353. The molecular formula is C21H19ClFN5O. The zero-order chi connectivity index (χ0) is 20.5. The smallest absolute Gasteiger partial charge is 0.256 e. The number of halogens is 2. The number of para-hydroxylation sites is 2. The van der Waals surface area contributed by atoms with E-state index in [9.17, 15) is 9.18 Å². The molecule has 0 radical (unpaired) electrons. The number of nitrogens with one attached hydrogen (secondary N) is 1. The standard InChI is InChI=1S/C21H19ClFN5O/c1-13-19(20(22)28(26-13)16-9-7-15(23)8-10-16)21(29)24-11-12-27-14(2)25-17-5-3-4-6-18(17)27/h3-10H,11-12H2,1-2H3,(H,24,29). The van der Waals surface area contributed by atoms with E-state index < -0.39 is 0 Å². The summed E-state index contributed by atoms with van der Waals surface area (Å²) in [5, 5.41) is 7.42. The lowest BCUT2D eigenvalue weighted by Gasteiger charge is -2.09. The number of benzene rings is 2. The Hall–Kier alpha value is -3.19. The van der Waals surface area contributed by atoms with Gasteiger partial charge in [0.15, 0.2) is 0 Å². The van der Waals surface area contributed by atoms with Crippen molar-refractivity contribution in [1.29, 1.82) is 0 Å². The van der Waals surface area contributed by atoms with E-state index in [0.29, 0.717) is 30.0 Å². The molecule has 0 atom stereocenters. The lowest BCUT2D eigenvalue weighted by atomic mass is 10.2. The molecule has 0 aliphatic carbocycles. The second-order valence-electron chi connectivity index (χ2n) is 6.69. The second kappa shape index (κ2) is 7.67. The van der Waals surface area contributed by atoms with Gasteiger partial charge in [0.1, 0.15) is 16.8 Å². The van der Waals surface area contributed by atoms with E-state index in [-0.39, 0.29) is 16.9 Å². The summed E-state index contributed by atoms with van der Waals surface area (Å²) in [4.78, 5) is 17.3. The van der Waals surface area contributed by atoms with Gasteiger partial charge in [-0.2, -0.15) is 5.10 Å². The Morgan fingerprint density at radius 3 is 2.62 bits per heavy atom. The lowest BCUT2D eigenvalue weighted by Crippen LogP contribution is -2.28. The van der Waals surface area contributed by atoms with E-state index in [1.54, 1.807) is 19.1 Å². The zero-order valence-corrected chi connectivity index (χ0v) is 16.7. The SMILES string of the molecule is Cc1nn(-c2ccc(F)cc2)c(Cl)c1C(=O)NCCn1c(C)nc2ccccc21. The molecule has 148 valence electrons. The molecule has 0 aliphatic rings. The maximum absolute atomic E-state index is 13.2. The number of nitrogens with zero attached hydrogens (tertiary/aromatic N) is 4. The first-order valence-electron chi connectivity index (χ1n) is 9.17. The summed E-state index contributed by atoms with van der Waals surface area (Å²) in [5.41, 5.74) is 3.34. The van der Waals surface area contributed by atoms with Crippen molar-refractivity contribution in [3.05, 3.63) is 76.6 Å². The molecule has 4 rings (SSSR count). The Balaban J connectivity index is 1.50. The third kappa shape index (κ3) is 3.61. The van der Waals surface area contributed by atoms with Crippen LogP contribution in [0.5, 0.6) is 0 Å². The summed E-state index contributed by atoms with van der Waals surface area (Å²) in [6.45, 7) is 4.66. The van der Waals surface area contributed by atoms with Crippen LogP contribution in [-0.2, 0) is 6.54 Å². The van der Waals surface area contributed by atoms with Crippen LogP contribution in [0.3, 0.4) is 0 Å². The molecule has 2 aromatic heterocycles. The Morgan fingerprint density at radius 2 is 1.86 bits per heavy atom. The molecule has 0 saturated carbocycles. The Labute approximate surface area is 171 Å². The third-order valence-electron chi connectivity index (χ3n) is 4.77. The molecule has 6 nitrogen and oxygen atoms in total.